The number of pyridine rings is 1. The van der Waals surface area contributed by atoms with Crippen molar-refractivity contribution in [1.82, 2.24) is 25.1 Å². The number of imide groups is 1. The summed E-state index contributed by atoms with van der Waals surface area (Å²) in [6.07, 6.45) is 8.18. The van der Waals surface area contributed by atoms with Crippen LogP contribution in [0.5, 0.6) is 5.75 Å². The summed E-state index contributed by atoms with van der Waals surface area (Å²) >= 11 is 1.62. The molecule has 0 spiro atoms. The van der Waals surface area contributed by atoms with E-state index in [0.717, 1.165) is 105 Å². The Balaban J connectivity index is 0.793. The molecule has 2 aromatic heterocycles. The zero-order valence-electron chi connectivity index (χ0n) is 33.3. The number of anilines is 2. The number of nitrogens with zero attached hydrogens (tertiary/aromatic N) is 4. The molecule has 12 nitrogen and oxygen atoms in total. The fourth-order valence-corrected chi connectivity index (χ4v) is 10.2. The predicted octanol–water partition coefficient (Wildman–Crippen LogP) is 7.78. The number of hydrogen-bond acceptors (Lipinski definition) is 10. The zero-order valence-corrected chi connectivity index (χ0v) is 34.1. The van der Waals surface area contributed by atoms with Crippen molar-refractivity contribution in [3.05, 3.63) is 82.6 Å². The minimum Gasteiger partial charge on any atom is -0.494 e. The summed E-state index contributed by atoms with van der Waals surface area (Å²) in [5.41, 5.74) is 3.16. The molecule has 4 aromatic rings. The molecular formula is C44H49F2N7O5S. The minimum atomic E-state index is -3.16. The Labute approximate surface area is 345 Å². The SMILES string of the molecule is C=C1c2cccc(NCCC3CCN(C[C@H]4CC[C@H](c5nc6cc(OC)c(NC(=O)c7cccc(C(C)(F)F)n7)cc6s5)CC4)CC3)c2C(=O)N1C1CCC(=O)NC1=O. The number of nitrogens with one attached hydrogen (secondary N) is 3. The molecule has 5 heterocycles. The number of piperidine rings is 2. The Morgan fingerprint density at radius 1 is 0.983 bits per heavy atom. The van der Waals surface area contributed by atoms with E-state index in [4.69, 9.17) is 9.72 Å². The Hall–Kier alpha value is -5.28. The quantitative estimate of drug-likeness (QED) is 0.122. The van der Waals surface area contributed by atoms with Crippen molar-refractivity contribution in [3.8, 4) is 5.75 Å². The number of alkyl halides is 2. The number of hydrogen-bond donors (Lipinski definition) is 3. The highest BCUT2D eigenvalue weighted by molar-refractivity contribution is 7.18. The lowest BCUT2D eigenvalue weighted by atomic mass is 9.81. The number of fused-ring (bicyclic) bond motifs is 2. The van der Waals surface area contributed by atoms with Crippen molar-refractivity contribution in [1.29, 1.82) is 0 Å². The lowest BCUT2D eigenvalue weighted by Crippen LogP contribution is -2.52. The van der Waals surface area contributed by atoms with Crippen LogP contribution in [0.1, 0.15) is 108 Å². The van der Waals surface area contributed by atoms with Crippen LogP contribution in [0.25, 0.3) is 15.9 Å². The number of methoxy groups -OCH3 is 1. The molecule has 3 fully saturated rings. The zero-order chi connectivity index (χ0) is 41.4. The topological polar surface area (TPSA) is 146 Å². The number of rotatable bonds is 12. The average Bonchev–Trinajstić information content (AvgIpc) is 3.75. The second kappa shape index (κ2) is 16.8. The maximum atomic E-state index is 13.8. The third-order valence-corrected chi connectivity index (χ3v) is 13.5. The van der Waals surface area contributed by atoms with Crippen molar-refractivity contribution in [3.63, 3.8) is 0 Å². The van der Waals surface area contributed by atoms with Gasteiger partial charge in [-0.1, -0.05) is 24.8 Å². The number of carbonyl (C=O) groups is 4. The van der Waals surface area contributed by atoms with Gasteiger partial charge in [0.25, 0.3) is 17.7 Å². The molecule has 1 saturated carbocycles. The first-order valence-corrected chi connectivity index (χ1v) is 21.3. The summed E-state index contributed by atoms with van der Waals surface area (Å²) in [4.78, 5) is 63.8. The van der Waals surface area contributed by atoms with E-state index < -0.39 is 29.5 Å². The van der Waals surface area contributed by atoms with Crippen LogP contribution >= 0.6 is 11.3 Å². The second-order valence-electron chi connectivity index (χ2n) is 16.3. The number of carbonyl (C=O) groups excluding carboxylic acids is 4. The first-order chi connectivity index (χ1) is 28.4. The van der Waals surface area contributed by atoms with Crippen molar-refractivity contribution < 1.29 is 32.7 Å². The van der Waals surface area contributed by atoms with E-state index in [-0.39, 0.29) is 30.3 Å². The Morgan fingerprint density at radius 3 is 2.47 bits per heavy atom. The van der Waals surface area contributed by atoms with E-state index in [1.807, 2.05) is 30.3 Å². The van der Waals surface area contributed by atoms with E-state index >= 15 is 0 Å². The van der Waals surface area contributed by atoms with Crippen molar-refractivity contribution >= 4 is 62.3 Å². The number of amides is 4. The van der Waals surface area contributed by atoms with Gasteiger partial charge in [0, 0.05) is 55.4 Å². The second-order valence-corrected chi connectivity index (χ2v) is 17.4. The van der Waals surface area contributed by atoms with Gasteiger partial charge >= 0.3 is 0 Å². The smallest absolute Gasteiger partial charge is 0.287 e. The number of ether oxygens (including phenoxy) is 1. The van der Waals surface area contributed by atoms with Gasteiger partial charge in [-0.15, -0.1) is 11.3 Å². The Bertz CT molecular complexity index is 2290. The van der Waals surface area contributed by atoms with E-state index in [1.54, 1.807) is 11.3 Å². The van der Waals surface area contributed by atoms with Gasteiger partial charge in [0.1, 0.15) is 23.2 Å². The standard InChI is InChI=1S/C44H49F2N7O5S/c1-25-29-6-4-7-30(39(29)43(57)53(25)34-14-15-38(54)51-41(34)56)47-19-16-26-17-20-52(21-18-26)24-27-10-12-28(13-11-27)42-50-33-22-35(58-3)32(23-36(33)59-42)49-40(55)31-8-5-9-37(48-31)44(2,45)46/h4-9,22-23,26-28,34,47H,1,10-21,24H2,2-3H3,(H,49,55)(H,51,54,56)/t27-,28-,34?. The summed E-state index contributed by atoms with van der Waals surface area (Å²) in [5, 5.41) is 9.74. The van der Waals surface area contributed by atoms with Gasteiger partial charge in [0.2, 0.25) is 11.8 Å². The maximum Gasteiger partial charge on any atom is 0.287 e. The molecular weight excluding hydrogens is 777 g/mol. The lowest BCUT2D eigenvalue weighted by molar-refractivity contribution is -0.136. The number of thiazole rings is 1. The van der Waals surface area contributed by atoms with Gasteiger partial charge in [0.15, 0.2) is 0 Å². The van der Waals surface area contributed by atoms with Crippen LogP contribution in [-0.2, 0) is 15.5 Å². The van der Waals surface area contributed by atoms with E-state index in [0.29, 0.717) is 40.5 Å². The predicted molar refractivity (Wildman–Crippen MR) is 223 cm³/mol. The normalized spacial score (nSPS) is 21.8. The van der Waals surface area contributed by atoms with Gasteiger partial charge in [-0.05, 0) is 101 Å². The van der Waals surface area contributed by atoms with Gasteiger partial charge < -0.3 is 20.3 Å². The molecule has 2 aromatic carbocycles. The van der Waals surface area contributed by atoms with Crippen LogP contribution in [0.15, 0.2) is 55.1 Å². The van der Waals surface area contributed by atoms with Crippen LogP contribution < -0.4 is 20.7 Å². The highest BCUT2D eigenvalue weighted by atomic mass is 32.1. The molecule has 1 atom stereocenters. The summed E-state index contributed by atoms with van der Waals surface area (Å²) in [6, 6.07) is 12.6. The number of benzene rings is 2. The van der Waals surface area contributed by atoms with Crippen molar-refractivity contribution in [2.75, 3.05) is 43.9 Å². The molecule has 0 radical (unpaired) electrons. The molecule has 4 aliphatic rings. The lowest BCUT2D eigenvalue weighted by Gasteiger charge is -2.36. The summed E-state index contributed by atoms with van der Waals surface area (Å²) in [5.74, 6) is -2.74. The first-order valence-electron chi connectivity index (χ1n) is 20.5. The van der Waals surface area contributed by atoms with E-state index in [2.05, 4.69) is 32.4 Å². The van der Waals surface area contributed by atoms with Crippen molar-refractivity contribution in [2.24, 2.45) is 11.8 Å². The molecule has 1 aliphatic carbocycles. The van der Waals surface area contributed by atoms with E-state index in [9.17, 15) is 28.0 Å². The molecule has 59 heavy (non-hydrogen) atoms. The molecule has 3 N–H and O–H groups in total. The largest absolute Gasteiger partial charge is 0.494 e. The minimum absolute atomic E-state index is 0.105. The molecule has 310 valence electrons. The monoisotopic (exact) mass is 825 g/mol. The number of aromatic nitrogens is 2. The maximum absolute atomic E-state index is 13.8. The molecule has 1 unspecified atom stereocenters. The van der Waals surface area contributed by atoms with Crippen LogP contribution in [0, 0.1) is 11.8 Å². The van der Waals surface area contributed by atoms with Gasteiger partial charge in [-0.2, -0.15) is 8.78 Å². The molecule has 2 saturated heterocycles. The third-order valence-electron chi connectivity index (χ3n) is 12.3. The first kappa shape index (κ1) is 40.5. The molecule has 3 aliphatic heterocycles. The fourth-order valence-electron chi connectivity index (χ4n) is 9.03. The highest BCUT2D eigenvalue weighted by Crippen LogP contribution is 2.42. The van der Waals surface area contributed by atoms with Gasteiger partial charge in [-0.3, -0.25) is 29.4 Å². The number of halogens is 2. The summed E-state index contributed by atoms with van der Waals surface area (Å²) in [7, 11) is 1.52. The van der Waals surface area contributed by atoms with Crippen LogP contribution in [-0.4, -0.2) is 82.7 Å². The fraction of sp³-hybridized carbons (Fsp3) is 0.455. The molecule has 0 bridgehead atoms. The van der Waals surface area contributed by atoms with Crippen molar-refractivity contribution in [2.45, 2.75) is 82.6 Å². The summed E-state index contributed by atoms with van der Waals surface area (Å²) < 4.78 is 34.2. The number of likely N-dealkylation sites (tertiary alicyclic amines) is 1. The van der Waals surface area contributed by atoms with Crippen LogP contribution in [0.2, 0.25) is 0 Å². The van der Waals surface area contributed by atoms with Crippen LogP contribution in [0.4, 0.5) is 20.2 Å². The van der Waals surface area contributed by atoms with E-state index in [1.165, 1.54) is 30.2 Å². The Morgan fingerprint density at radius 2 is 1.75 bits per heavy atom. The molecule has 8 rings (SSSR count). The van der Waals surface area contributed by atoms with Crippen LogP contribution in [0.3, 0.4) is 0 Å². The Kier molecular flexibility index (Phi) is 11.5. The van der Waals surface area contributed by atoms with Gasteiger partial charge in [-0.25, -0.2) is 9.97 Å². The summed E-state index contributed by atoms with van der Waals surface area (Å²) in [6.45, 7) is 8.89. The third kappa shape index (κ3) is 8.58. The molecule has 15 heteroatoms. The van der Waals surface area contributed by atoms with Gasteiger partial charge in [0.05, 0.1) is 33.6 Å². The average molecular weight is 826 g/mol. The highest BCUT2D eigenvalue weighted by Gasteiger charge is 2.42. The molecule has 4 amide bonds.